The quantitative estimate of drug-likeness (QED) is 0.420. The van der Waals surface area contributed by atoms with Crippen LogP contribution >= 0.6 is 23.8 Å². The Morgan fingerprint density at radius 1 is 1.13 bits per heavy atom. The highest BCUT2D eigenvalue weighted by Gasteiger charge is 2.07. The van der Waals surface area contributed by atoms with Gasteiger partial charge in [0.1, 0.15) is 0 Å². The Hall–Kier alpha value is -1.12. The van der Waals surface area contributed by atoms with Gasteiger partial charge in [0.25, 0.3) is 0 Å². The zero-order valence-electron chi connectivity index (χ0n) is 8.27. The van der Waals surface area contributed by atoms with E-state index in [1.165, 1.54) is 5.39 Å². The third-order valence-corrected chi connectivity index (χ3v) is 2.92. The fourth-order valence-electron chi connectivity index (χ4n) is 1.60. The normalized spacial score (nSPS) is 10.3. The Morgan fingerprint density at radius 2 is 1.80 bits per heavy atom. The second kappa shape index (κ2) is 4.17. The van der Waals surface area contributed by atoms with E-state index in [0.29, 0.717) is 4.45 Å². The van der Waals surface area contributed by atoms with E-state index in [2.05, 4.69) is 18.2 Å². The van der Waals surface area contributed by atoms with Crippen molar-refractivity contribution < 1.29 is 0 Å². The molecule has 2 aromatic rings. The first kappa shape index (κ1) is 10.4. The van der Waals surface area contributed by atoms with Crippen molar-refractivity contribution in [3.8, 4) is 0 Å². The van der Waals surface area contributed by atoms with Crippen LogP contribution in [0.25, 0.3) is 10.8 Å². The van der Waals surface area contributed by atoms with Crippen LogP contribution in [0, 0.1) is 0 Å². The number of nitrogens with zero attached hydrogens (tertiary/aromatic N) is 1. The summed E-state index contributed by atoms with van der Waals surface area (Å²) in [5.41, 5.74) is 1.04. The van der Waals surface area contributed by atoms with Gasteiger partial charge in [0.05, 0.1) is 5.69 Å². The molecule has 15 heavy (non-hydrogen) atoms. The van der Waals surface area contributed by atoms with E-state index in [9.17, 15) is 0 Å². The lowest BCUT2D eigenvalue weighted by atomic mass is 10.1. The van der Waals surface area contributed by atoms with Crippen molar-refractivity contribution in [3.63, 3.8) is 0 Å². The molecule has 0 spiro atoms. The second-order valence-corrected chi connectivity index (χ2v) is 4.28. The molecular formula is C12H10ClNS. The van der Waals surface area contributed by atoms with Crippen molar-refractivity contribution in [2.24, 2.45) is 0 Å². The van der Waals surface area contributed by atoms with Crippen molar-refractivity contribution in [2.45, 2.75) is 0 Å². The summed E-state index contributed by atoms with van der Waals surface area (Å²) in [5, 5.41) is 2.35. The van der Waals surface area contributed by atoms with Gasteiger partial charge in [-0.2, -0.15) is 0 Å². The number of hydrogen-bond donors (Lipinski definition) is 0. The molecule has 0 aliphatic heterocycles. The van der Waals surface area contributed by atoms with Crippen LogP contribution in [0.1, 0.15) is 0 Å². The Kier molecular flexibility index (Phi) is 2.89. The number of thiocarbonyl (C=S) groups is 1. The molecule has 0 aromatic heterocycles. The standard InChI is InChI=1S/C12H10ClNS/c1-14(12(13)15)11-8-4-6-9-5-2-3-7-10(9)11/h2-8H,1H3. The number of benzene rings is 2. The number of halogens is 1. The predicted molar refractivity (Wildman–Crippen MR) is 70.8 cm³/mol. The molecule has 0 heterocycles. The fraction of sp³-hybridized carbons (Fsp3) is 0.0833. The molecule has 0 saturated carbocycles. The monoisotopic (exact) mass is 235 g/mol. The molecule has 0 aliphatic rings. The highest BCUT2D eigenvalue weighted by atomic mass is 35.5. The number of anilines is 1. The van der Waals surface area contributed by atoms with Crippen LogP contribution in [0.15, 0.2) is 42.5 Å². The van der Waals surface area contributed by atoms with Crippen molar-refractivity contribution in [2.75, 3.05) is 11.9 Å². The molecule has 0 unspecified atom stereocenters. The minimum absolute atomic E-state index is 0.353. The molecule has 0 bridgehead atoms. The summed E-state index contributed by atoms with van der Waals surface area (Å²) in [4.78, 5) is 1.80. The van der Waals surface area contributed by atoms with E-state index in [4.69, 9.17) is 23.8 Å². The first-order valence-corrected chi connectivity index (χ1v) is 5.40. The molecular weight excluding hydrogens is 226 g/mol. The van der Waals surface area contributed by atoms with Crippen molar-refractivity contribution in [1.29, 1.82) is 0 Å². The average Bonchev–Trinajstić information content (AvgIpc) is 2.27. The summed E-state index contributed by atoms with van der Waals surface area (Å²) in [7, 11) is 1.87. The first-order valence-electron chi connectivity index (χ1n) is 4.61. The number of fused-ring (bicyclic) bond motifs is 1. The van der Waals surface area contributed by atoms with Gasteiger partial charge in [0.2, 0.25) is 0 Å². The van der Waals surface area contributed by atoms with Crippen LogP contribution in [0.2, 0.25) is 0 Å². The molecule has 0 aliphatic carbocycles. The summed E-state index contributed by atoms with van der Waals surface area (Å²) in [6, 6.07) is 14.3. The van der Waals surface area contributed by atoms with Gasteiger partial charge < -0.3 is 4.90 Å². The van der Waals surface area contributed by atoms with E-state index in [1.807, 2.05) is 31.3 Å². The summed E-state index contributed by atoms with van der Waals surface area (Å²) >= 11 is 10.8. The van der Waals surface area contributed by atoms with Gasteiger partial charge in [0.15, 0.2) is 4.45 Å². The lowest BCUT2D eigenvalue weighted by molar-refractivity contribution is 1.33. The lowest BCUT2D eigenvalue weighted by Crippen LogP contribution is -2.19. The Morgan fingerprint density at radius 3 is 2.53 bits per heavy atom. The summed E-state index contributed by atoms with van der Waals surface area (Å²) in [6.45, 7) is 0. The van der Waals surface area contributed by atoms with Crippen LogP contribution in [0.4, 0.5) is 5.69 Å². The zero-order valence-corrected chi connectivity index (χ0v) is 9.85. The molecule has 0 atom stereocenters. The highest BCUT2D eigenvalue weighted by Crippen LogP contribution is 2.26. The largest absolute Gasteiger partial charge is 0.326 e. The summed E-state index contributed by atoms with van der Waals surface area (Å²) in [6.07, 6.45) is 0. The Labute approximate surface area is 99.3 Å². The van der Waals surface area contributed by atoms with E-state index >= 15 is 0 Å². The number of rotatable bonds is 1. The van der Waals surface area contributed by atoms with Gasteiger partial charge in [-0.15, -0.1) is 0 Å². The van der Waals surface area contributed by atoms with Gasteiger partial charge in [-0.05, 0) is 23.7 Å². The molecule has 2 aromatic carbocycles. The van der Waals surface area contributed by atoms with Crippen LogP contribution in [0.5, 0.6) is 0 Å². The van der Waals surface area contributed by atoms with Crippen LogP contribution in [0.3, 0.4) is 0 Å². The Balaban J connectivity index is 2.65. The molecule has 0 fully saturated rings. The predicted octanol–water partition coefficient (Wildman–Crippen LogP) is 3.80. The van der Waals surface area contributed by atoms with Crippen molar-refractivity contribution in [3.05, 3.63) is 42.5 Å². The average molecular weight is 236 g/mol. The highest BCUT2D eigenvalue weighted by molar-refractivity contribution is 7.83. The van der Waals surface area contributed by atoms with Crippen molar-refractivity contribution in [1.82, 2.24) is 0 Å². The Bertz CT molecular complexity index is 504. The topological polar surface area (TPSA) is 3.24 Å². The minimum atomic E-state index is 0.353. The van der Waals surface area contributed by atoms with Crippen LogP contribution in [-0.2, 0) is 0 Å². The second-order valence-electron chi connectivity index (χ2n) is 3.31. The van der Waals surface area contributed by atoms with Crippen LogP contribution < -0.4 is 4.90 Å². The van der Waals surface area contributed by atoms with E-state index in [0.717, 1.165) is 11.1 Å². The smallest absolute Gasteiger partial charge is 0.174 e. The molecule has 0 radical (unpaired) electrons. The minimum Gasteiger partial charge on any atom is -0.326 e. The van der Waals surface area contributed by atoms with Gasteiger partial charge in [-0.1, -0.05) is 48.0 Å². The lowest BCUT2D eigenvalue weighted by Gasteiger charge is -2.17. The zero-order chi connectivity index (χ0) is 10.8. The third-order valence-electron chi connectivity index (χ3n) is 2.39. The van der Waals surface area contributed by atoms with Crippen molar-refractivity contribution >= 4 is 44.7 Å². The molecule has 0 N–H and O–H groups in total. The van der Waals surface area contributed by atoms with Gasteiger partial charge in [0, 0.05) is 12.4 Å². The van der Waals surface area contributed by atoms with Gasteiger partial charge in [-0.25, -0.2) is 0 Å². The first-order chi connectivity index (χ1) is 7.20. The molecule has 0 saturated heterocycles. The SMILES string of the molecule is CN(C(=S)Cl)c1cccc2ccccc12. The summed E-state index contributed by atoms with van der Waals surface area (Å²) < 4.78 is 0.353. The number of hydrogen-bond acceptors (Lipinski definition) is 1. The van der Waals surface area contributed by atoms with E-state index in [1.54, 1.807) is 4.90 Å². The van der Waals surface area contributed by atoms with Crippen LogP contribution in [-0.4, -0.2) is 11.5 Å². The molecule has 3 heteroatoms. The molecule has 76 valence electrons. The third kappa shape index (κ3) is 1.96. The fourth-order valence-corrected chi connectivity index (χ4v) is 1.78. The molecule has 2 rings (SSSR count). The van der Waals surface area contributed by atoms with Gasteiger partial charge >= 0.3 is 0 Å². The van der Waals surface area contributed by atoms with E-state index in [-0.39, 0.29) is 0 Å². The maximum Gasteiger partial charge on any atom is 0.174 e. The van der Waals surface area contributed by atoms with E-state index < -0.39 is 0 Å². The maximum atomic E-state index is 5.82. The summed E-state index contributed by atoms with van der Waals surface area (Å²) in [5.74, 6) is 0. The molecule has 0 amide bonds. The molecule has 1 nitrogen and oxygen atoms in total. The maximum absolute atomic E-state index is 5.82. The van der Waals surface area contributed by atoms with Gasteiger partial charge in [-0.3, -0.25) is 0 Å².